The van der Waals surface area contributed by atoms with Crippen molar-refractivity contribution in [3.8, 4) is 11.5 Å². The molecule has 108 valence electrons. The second-order valence-corrected chi connectivity index (χ2v) is 4.69. The Morgan fingerprint density at radius 3 is 2.62 bits per heavy atom. The van der Waals surface area contributed by atoms with Gasteiger partial charge in [0.15, 0.2) is 0 Å². The number of carbonyl (C=O) groups is 1. The Morgan fingerprint density at radius 1 is 1.29 bits per heavy atom. The number of hydrogen-bond acceptors (Lipinski definition) is 4. The number of nitro groups is 1. The normalized spacial score (nSPS) is 10.2. The number of carboxylic acids is 1. The summed E-state index contributed by atoms with van der Waals surface area (Å²) in [6.45, 7) is 1.60. The second-order valence-electron chi connectivity index (χ2n) is 4.25. The van der Waals surface area contributed by atoms with Crippen LogP contribution in [0.1, 0.15) is 15.9 Å². The molecule has 2 rings (SSSR count). The third-order valence-electron chi connectivity index (χ3n) is 2.78. The molecule has 0 aromatic heterocycles. The van der Waals surface area contributed by atoms with Gasteiger partial charge in [-0.15, -0.1) is 0 Å². The first-order valence-electron chi connectivity index (χ1n) is 5.84. The predicted octanol–water partition coefficient (Wildman–Crippen LogP) is 4.05. The molecule has 0 fully saturated rings. The van der Waals surface area contributed by atoms with Crippen molar-refractivity contribution in [3.05, 3.63) is 62.7 Å². The summed E-state index contributed by atoms with van der Waals surface area (Å²) in [6.07, 6.45) is 0. The van der Waals surface area contributed by atoms with E-state index >= 15 is 0 Å². The van der Waals surface area contributed by atoms with Crippen LogP contribution in [-0.4, -0.2) is 16.0 Å². The van der Waals surface area contributed by atoms with Crippen molar-refractivity contribution in [1.29, 1.82) is 0 Å². The molecule has 0 amide bonds. The lowest BCUT2D eigenvalue weighted by Gasteiger charge is -2.09. The first kappa shape index (κ1) is 14.8. The standard InChI is InChI=1S/C14H10ClNO5/c1-8-2-4-10(7-12(8)16(19)20)21-13-6-9(15)3-5-11(13)14(17)18/h2-7H,1H3,(H,17,18). The lowest BCUT2D eigenvalue weighted by Crippen LogP contribution is -2.00. The van der Waals surface area contributed by atoms with E-state index in [0.717, 1.165) is 0 Å². The molecule has 7 heteroatoms. The van der Waals surface area contributed by atoms with Crippen LogP contribution in [0.4, 0.5) is 5.69 Å². The van der Waals surface area contributed by atoms with E-state index in [-0.39, 0.29) is 22.7 Å². The summed E-state index contributed by atoms with van der Waals surface area (Å²) in [5.74, 6) is -0.992. The maximum Gasteiger partial charge on any atom is 0.339 e. The molecular weight excluding hydrogens is 298 g/mol. The van der Waals surface area contributed by atoms with Gasteiger partial charge in [0.05, 0.1) is 11.0 Å². The molecule has 0 saturated heterocycles. The predicted molar refractivity (Wildman–Crippen MR) is 76.3 cm³/mol. The Kier molecular flexibility index (Phi) is 4.09. The molecule has 0 aliphatic carbocycles. The molecule has 6 nitrogen and oxygen atoms in total. The maximum atomic E-state index is 11.1. The van der Waals surface area contributed by atoms with Crippen LogP contribution >= 0.6 is 11.6 Å². The maximum absolute atomic E-state index is 11.1. The monoisotopic (exact) mass is 307 g/mol. The summed E-state index contributed by atoms with van der Waals surface area (Å²) in [4.78, 5) is 21.5. The summed E-state index contributed by atoms with van der Waals surface area (Å²) in [6, 6.07) is 8.37. The van der Waals surface area contributed by atoms with Crippen LogP contribution in [-0.2, 0) is 0 Å². The van der Waals surface area contributed by atoms with E-state index in [1.807, 2.05) is 0 Å². The molecule has 21 heavy (non-hydrogen) atoms. The molecule has 0 unspecified atom stereocenters. The van der Waals surface area contributed by atoms with Crippen molar-refractivity contribution in [2.75, 3.05) is 0 Å². The highest BCUT2D eigenvalue weighted by Crippen LogP contribution is 2.31. The van der Waals surface area contributed by atoms with E-state index in [0.29, 0.717) is 10.6 Å². The zero-order valence-corrected chi connectivity index (χ0v) is 11.6. The highest BCUT2D eigenvalue weighted by Gasteiger charge is 2.16. The molecular formula is C14H10ClNO5. The molecule has 0 saturated carbocycles. The van der Waals surface area contributed by atoms with Gasteiger partial charge in [0, 0.05) is 16.7 Å². The molecule has 0 atom stereocenters. The van der Waals surface area contributed by atoms with E-state index in [4.69, 9.17) is 21.4 Å². The summed E-state index contributed by atoms with van der Waals surface area (Å²) >= 11 is 5.81. The topological polar surface area (TPSA) is 89.7 Å². The molecule has 0 spiro atoms. The molecule has 2 aromatic carbocycles. The second kappa shape index (κ2) is 5.80. The van der Waals surface area contributed by atoms with Crippen LogP contribution in [0, 0.1) is 17.0 Å². The number of nitrogens with zero attached hydrogens (tertiary/aromatic N) is 1. The van der Waals surface area contributed by atoms with Crippen molar-refractivity contribution in [3.63, 3.8) is 0 Å². The third kappa shape index (κ3) is 3.29. The Labute approximate surface area is 124 Å². The number of carboxylic acid groups (broad SMARTS) is 1. The average molecular weight is 308 g/mol. The molecule has 0 aliphatic rings. The van der Waals surface area contributed by atoms with Gasteiger partial charge in [0.25, 0.3) is 5.69 Å². The van der Waals surface area contributed by atoms with Crippen molar-refractivity contribution >= 4 is 23.3 Å². The van der Waals surface area contributed by atoms with Gasteiger partial charge in [-0.3, -0.25) is 10.1 Å². The lowest BCUT2D eigenvalue weighted by molar-refractivity contribution is -0.385. The van der Waals surface area contributed by atoms with E-state index in [1.165, 1.54) is 36.4 Å². The largest absolute Gasteiger partial charge is 0.478 e. The first-order valence-corrected chi connectivity index (χ1v) is 6.22. The molecule has 1 N–H and O–H groups in total. The quantitative estimate of drug-likeness (QED) is 0.680. The van der Waals surface area contributed by atoms with E-state index in [9.17, 15) is 14.9 Å². The molecule has 0 radical (unpaired) electrons. The molecule has 0 bridgehead atoms. The van der Waals surface area contributed by atoms with E-state index in [1.54, 1.807) is 6.92 Å². The number of aromatic carboxylic acids is 1. The average Bonchev–Trinajstić information content (AvgIpc) is 2.40. The summed E-state index contributed by atoms with van der Waals surface area (Å²) in [7, 11) is 0. The van der Waals surface area contributed by atoms with Crippen molar-refractivity contribution in [2.24, 2.45) is 0 Å². The molecule has 2 aromatic rings. The number of nitro benzene ring substituents is 1. The minimum Gasteiger partial charge on any atom is -0.478 e. The van der Waals surface area contributed by atoms with Gasteiger partial charge in [-0.1, -0.05) is 11.6 Å². The number of rotatable bonds is 4. The van der Waals surface area contributed by atoms with Crippen molar-refractivity contribution in [2.45, 2.75) is 6.92 Å². The Hall–Kier alpha value is -2.60. The summed E-state index contributed by atoms with van der Waals surface area (Å²) in [5.41, 5.74) is 0.297. The van der Waals surface area contributed by atoms with Gasteiger partial charge < -0.3 is 9.84 Å². The third-order valence-corrected chi connectivity index (χ3v) is 3.01. The van der Waals surface area contributed by atoms with Gasteiger partial charge in [0.2, 0.25) is 0 Å². The Morgan fingerprint density at radius 2 is 2.00 bits per heavy atom. The van der Waals surface area contributed by atoms with Crippen LogP contribution in [0.2, 0.25) is 5.02 Å². The Bertz CT molecular complexity index is 729. The first-order chi connectivity index (χ1) is 9.88. The highest BCUT2D eigenvalue weighted by atomic mass is 35.5. The lowest BCUT2D eigenvalue weighted by atomic mass is 10.2. The van der Waals surface area contributed by atoms with E-state index < -0.39 is 10.9 Å². The van der Waals surface area contributed by atoms with Crippen LogP contribution in [0.15, 0.2) is 36.4 Å². The number of benzene rings is 2. The molecule has 0 aliphatic heterocycles. The number of ether oxygens (including phenoxy) is 1. The smallest absolute Gasteiger partial charge is 0.339 e. The summed E-state index contributed by atoms with van der Waals surface area (Å²) < 4.78 is 5.43. The molecule has 0 heterocycles. The van der Waals surface area contributed by atoms with Crippen molar-refractivity contribution in [1.82, 2.24) is 0 Å². The number of hydrogen-bond donors (Lipinski definition) is 1. The minimum atomic E-state index is -1.18. The SMILES string of the molecule is Cc1ccc(Oc2cc(Cl)ccc2C(=O)O)cc1[N+](=O)[O-]. The van der Waals surface area contributed by atoms with Crippen LogP contribution < -0.4 is 4.74 Å². The van der Waals surface area contributed by atoms with Gasteiger partial charge >= 0.3 is 5.97 Å². The zero-order valence-electron chi connectivity index (χ0n) is 10.9. The van der Waals surface area contributed by atoms with Crippen LogP contribution in [0.25, 0.3) is 0 Å². The number of aryl methyl sites for hydroxylation is 1. The van der Waals surface area contributed by atoms with Crippen LogP contribution in [0.3, 0.4) is 0 Å². The van der Waals surface area contributed by atoms with Gasteiger partial charge in [-0.2, -0.15) is 0 Å². The minimum absolute atomic E-state index is 0.0214. The van der Waals surface area contributed by atoms with Gasteiger partial charge in [-0.25, -0.2) is 4.79 Å². The van der Waals surface area contributed by atoms with E-state index in [2.05, 4.69) is 0 Å². The fourth-order valence-electron chi connectivity index (χ4n) is 1.73. The Balaban J connectivity index is 2.43. The summed E-state index contributed by atoms with van der Waals surface area (Å²) in [5, 5.41) is 20.3. The van der Waals surface area contributed by atoms with Crippen molar-refractivity contribution < 1.29 is 19.6 Å². The van der Waals surface area contributed by atoms with Gasteiger partial charge in [-0.05, 0) is 31.2 Å². The van der Waals surface area contributed by atoms with Gasteiger partial charge in [0.1, 0.15) is 17.1 Å². The zero-order chi connectivity index (χ0) is 15.6. The fourth-order valence-corrected chi connectivity index (χ4v) is 1.90. The fraction of sp³-hybridized carbons (Fsp3) is 0.0714. The number of halogens is 1. The van der Waals surface area contributed by atoms with Crippen LogP contribution in [0.5, 0.6) is 11.5 Å². The highest BCUT2D eigenvalue weighted by molar-refractivity contribution is 6.30.